The van der Waals surface area contributed by atoms with Crippen molar-refractivity contribution in [1.29, 1.82) is 0 Å². The van der Waals surface area contributed by atoms with E-state index in [0.717, 1.165) is 76.2 Å². The van der Waals surface area contributed by atoms with Gasteiger partial charge in [-0.15, -0.1) is 0 Å². The van der Waals surface area contributed by atoms with E-state index >= 15 is 0 Å². The van der Waals surface area contributed by atoms with Crippen molar-refractivity contribution in [1.82, 2.24) is 0 Å². The molecule has 0 saturated heterocycles. The zero-order valence-corrected chi connectivity index (χ0v) is 21.8. The summed E-state index contributed by atoms with van der Waals surface area (Å²) in [6.45, 7) is 4.21. The van der Waals surface area contributed by atoms with Crippen LogP contribution in [0.15, 0.2) is 30.3 Å². The molecule has 0 aromatic heterocycles. The first-order valence-corrected chi connectivity index (χ1v) is 14.1. The fourth-order valence-corrected chi connectivity index (χ4v) is 6.14. The molecule has 1 atom stereocenters. The summed E-state index contributed by atoms with van der Waals surface area (Å²) in [5, 5.41) is 0. The lowest BCUT2D eigenvalue weighted by atomic mass is 9.76. The minimum absolute atomic E-state index is 0.0283. The Balaban J connectivity index is 1.32. The second-order valence-electron chi connectivity index (χ2n) is 11.0. The maximum absolute atomic E-state index is 14.9. The molecular formula is C32H40F4. The normalized spacial score (nSPS) is 22.5. The molecule has 4 rings (SSSR count). The molecule has 0 nitrogen and oxygen atoms in total. The highest BCUT2D eigenvalue weighted by Gasteiger charge is 2.27. The molecule has 2 aromatic rings. The monoisotopic (exact) mass is 500 g/mol. The molecule has 1 saturated carbocycles. The minimum Gasteiger partial charge on any atom is -0.203 e. The van der Waals surface area contributed by atoms with Crippen LogP contribution in [0, 0.1) is 35.1 Å². The van der Waals surface area contributed by atoms with Crippen LogP contribution in [0.3, 0.4) is 0 Å². The zero-order chi connectivity index (χ0) is 25.7. The Morgan fingerprint density at radius 2 is 1.42 bits per heavy atom. The predicted molar refractivity (Wildman–Crippen MR) is 140 cm³/mol. The van der Waals surface area contributed by atoms with E-state index in [1.165, 1.54) is 0 Å². The van der Waals surface area contributed by atoms with Gasteiger partial charge in [-0.1, -0.05) is 57.0 Å². The molecule has 0 spiro atoms. The van der Waals surface area contributed by atoms with Gasteiger partial charge >= 0.3 is 0 Å². The van der Waals surface area contributed by atoms with Crippen LogP contribution in [0.25, 0.3) is 5.57 Å². The molecule has 0 N–H and O–H groups in total. The van der Waals surface area contributed by atoms with Gasteiger partial charge in [0.1, 0.15) is 0 Å². The maximum atomic E-state index is 14.9. The fraction of sp³-hybridized carbons (Fsp3) is 0.562. The van der Waals surface area contributed by atoms with Crippen molar-refractivity contribution in [2.45, 2.75) is 103 Å². The van der Waals surface area contributed by atoms with E-state index in [4.69, 9.17) is 0 Å². The molecule has 0 heterocycles. The molecule has 2 aliphatic carbocycles. The first-order chi connectivity index (χ1) is 17.4. The highest BCUT2D eigenvalue weighted by molar-refractivity contribution is 5.67. The first kappa shape index (κ1) is 26.9. The minimum atomic E-state index is -0.711. The summed E-state index contributed by atoms with van der Waals surface area (Å²) in [6, 6.07) is 7.04. The second-order valence-corrected chi connectivity index (χ2v) is 11.0. The predicted octanol–water partition coefficient (Wildman–Crippen LogP) is 10.1. The molecule has 36 heavy (non-hydrogen) atoms. The van der Waals surface area contributed by atoms with Crippen LogP contribution in [-0.4, -0.2) is 0 Å². The molecule has 196 valence electrons. The Morgan fingerprint density at radius 3 is 2.08 bits per heavy atom. The van der Waals surface area contributed by atoms with E-state index < -0.39 is 23.3 Å². The molecule has 2 aromatic carbocycles. The molecular weight excluding hydrogens is 460 g/mol. The van der Waals surface area contributed by atoms with Gasteiger partial charge in [0.15, 0.2) is 23.3 Å². The summed E-state index contributed by atoms with van der Waals surface area (Å²) >= 11 is 0. The SMILES string of the molecule is CCCCc1ccc(C2CCC(CCc3ccc(C4=CCC(CC)CC4)c(F)c3F)CC2)c(F)c1F. The van der Waals surface area contributed by atoms with Gasteiger partial charge in [0.2, 0.25) is 0 Å². The largest absolute Gasteiger partial charge is 0.203 e. The van der Waals surface area contributed by atoms with E-state index in [1.54, 1.807) is 24.3 Å². The third-order valence-corrected chi connectivity index (χ3v) is 8.71. The first-order valence-electron chi connectivity index (χ1n) is 14.1. The molecule has 2 aliphatic rings. The summed E-state index contributed by atoms with van der Waals surface area (Å²) < 4.78 is 59.1. The molecule has 0 radical (unpaired) electrons. The Morgan fingerprint density at radius 1 is 0.722 bits per heavy atom. The van der Waals surface area contributed by atoms with Crippen molar-refractivity contribution in [3.8, 4) is 0 Å². The van der Waals surface area contributed by atoms with Gasteiger partial charge in [-0.3, -0.25) is 0 Å². The van der Waals surface area contributed by atoms with Crippen molar-refractivity contribution >= 4 is 5.57 Å². The Kier molecular flexibility index (Phi) is 9.30. The molecule has 0 aliphatic heterocycles. The molecule has 0 amide bonds. The molecule has 1 fully saturated rings. The number of unbranched alkanes of at least 4 members (excludes halogenated alkanes) is 1. The van der Waals surface area contributed by atoms with E-state index in [9.17, 15) is 17.6 Å². The number of hydrogen-bond donors (Lipinski definition) is 0. The maximum Gasteiger partial charge on any atom is 0.166 e. The number of halogens is 4. The van der Waals surface area contributed by atoms with Crippen molar-refractivity contribution in [2.24, 2.45) is 11.8 Å². The van der Waals surface area contributed by atoms with E-state index in [1.807, 2.05) is 6.92 Å². The third-order valence-electron chi connectivity index (χ3n) is 8.71. The topological polar surface area (TPSA) is 0 Å². The summed E-state index contributed by atoms with van der Waals surface area (Å²) in [4.78, 5) is 0. The van der Waals surface area contributed by atoms with Crippen LogP contribution in [0.1, 0.15) is 113 Å². The van der Waals surface area contributed by atoms with Crippen LogP contribution >= 0.6 is 0 Å². The van der Waals surface area contributed by atoms with Gasteiger partial charge in [0.25, 0.3) is 0 Å². The summed E-state index contributed by atoms with van der Waals surface area (Å²) in [6.07, 6.45) is 13.1. The smallest absolute Gasteiger partial charge is 0.166 e. The van der Waals surface area contributed by atoms with Crippen molar-refractivity contribution in [2.75, 3.05) is 0 Å². The fourth-order valence-electron chi connectivity index (χ4n) is 6.14. The summed E-state index contributed by atoms with van der Waals surface area (Å²) in [5.74, 6) is -1.71. The standard InChI is InChI=1S/C32H40F4/c1-3-5-6-25-17-19-27(31(35)29(25)33)24-14-9-22(10-15-24)11-16-26-18-20-28(32(36)30(26)34)23-12-7-21(4-2)8-13-23/h12,17-22,24H,3-11,13-16H2,1-2H3. The van der Waals surface area contributed by atoms with Gasteiger partial charge in [-0.25, -0.2) is 17.6 Å². The average molecular weight is 501 g/mol. The number of rotatable bonds is 9. The second kappa shape index (κ2) is 12.4. The average Bonchev–Trinajstić information content (AvgIpc) is 2.91. The lowest BCUT2D eigenvalue weighted by Crippen LogP contribution is -2.16. The summed E-state index contributed by atoms with van der Waals surface area (Å²) in [5.41, 5.74) is 2.76. The molecule has 0 bridgehead atoms. The van der Waals surface area contributed by atoms with Gasteiger partial charge in [-0.05, 0) is 111 Å². The van der Waals surface area contributed by atoms with E-state index in [-0.39, 0.29) is 5.92 Å². The Bertz CT molecular complexity index is 1060. The number of aryl methyl sites for hydroxylation is 2. The number of hydrogen-bond acceptors (Lipinski definition) is 0. The third kappa shape index (κ3) is 6.06. The van der Waals surface area contributed by atoms with Gasteiger partial charge in [-0.2, -0.15) is 0 Å². The van der Waals surface area contributed by atoms with Gasteiger partial charge < -0.3 is 0 Å². The number of allylic oxidation sites excluding steroid dienone is 2. The quantitative estimate of drug-likeness (QED) is 0.301. The van der Waals surface area contributed by atoms with Crippen molar-refractivity contribution in [3.05, 3.63) is 75.9 Å². The van der Waals surface area contributed by atoms with Crippen molar-refractivity contribution < 1.29 is 17.6 Å². The lowest BCUT2D eigenvalue weighted by Gasteiger charge is -2.29. The Hall–Kier alpha value is -2.10. The molecule has 4 heteroatoms. The summed E-state index contributed by atoms with van der Waals surface area (Å²) in [7, 11) is 0. The van der Waals surface area contributed by atoms with Crippen LogP contribution in [-0.2, 0) is 12.8 Å². The lowest BCUT2D eigenvalue weighted by molar-refractivity contribution is 0.303. The van der Waals surface area contributed by atoms with Crippen LogP contribution in [0.5, 0.6) is 0 Å². The zero-order valence-electron chi connectivity index (χ0n) is 21.8. The van der Waals surface area contributed by atoms with Crippen molar-refractivity contribution in [3.63, 3.8) is 0 Å². The van der Waals surface area contributed by atoms with Crippen LogP contribution in [0.2, 0.25) is 0 Å². The van der Waals surface area contributed by atoms with E-state index in [2.05, 4.69) is 13.0 Å². The Labute approximate surface area is 214 Å². The van der Waals surface area contributed by atoms with Gasteiger partial charge in [0, 0.05) is 5.56 Å². The molecule has 1 unspecified atom stereocenters. The van der Waals surface area contributed by atoms with Crippen LogP contribution < -0.4 is 0 Å². The van der Waals surface area contributed by atoms with Gasteiger partial charge in [0.05, 0.1) is 0 Å². The highest BCUT2D eigenvalue weighted by Crippen LogP contribution is 2.40. The highest BCUT2D eigenvalue weighted by atomic mass is 19.2. The van der Waals surface area contributed by atoms with E-state index in [0.29, 0.717) is 46.9 Å². The number of benzene rings is 2. The van der Waals surface area contributed by atoms with Crippen LogP contribution in [0.4, 0.5) is 17.6 Å².